The quantitative estimate of drug-likeness (QED) is 0.724. The number of aryl methyl sites for hydroxylation is 1. The van der Waals surface area contributed by atoms with Gasteiger partial charge in [-0.1, -0.05) is 24.3 Å². The smallest absolute Gasteiger partial charge is 0.257 e. The highest BCUT2D eigenvalue weighted by molar-refractivity contribution is 5.77. The van der Waals surface area contributed by atoms with Crippen molar-refractivity contribution in [3.05, 3.63) is 59.9 Å². The summed E-state index contributed by atoms with van der Waals surface area (Å²) in [4.78, 5) is 14.1. The Balaban J connectivity index is 1.33. The highest BCUT2D eigenvalue weighted by Crippen LogP contribution is 2.17. The van der Waals surface area contributed by atoms with Gasteiger partial charge in [-0.05, 0) is 42.7 Å². The molecule has 0 unspecified atom stereocenters. The summed E-state index contributed by atoms with van der Waals surface area (Å²) in [6.07, 6.45) is 1.72. The molecular weight excluding hydrogens is 347 g/mol. The van der Waals surface area contributed by atoms with Crippen molar-refractivity contribution in [3.63, 3.8) is 0 Å². The first kappa shape index (κ1) is 19.2. The van der Waals surface area contributed by atoms with Gasteiger partial charge in [-0.2, -0.15) is 0 Å². The van der Waals surface area contributed by atoms with Crippen molar-refractivity contribution < 1.29 is 18.7 Å². The number of ether oxygens (including phenoxy) is 2. The van der Waals surface area contributed by atoms with Gasteiger partial charge in [0.2, 0.25) is 0 Å². The van der Waals surface area contributed by atoms with Crippen LogP contribution in [0, 0.1) is 5.82 Å². The average Bonchev–Trinajstić information content (AvgIpc) is 2.72. The molecule has 2 aromatic rings. The molecule has 0 saturated carbocycles. The van der Waals surface area contributed by atoms with Gasteiger partial charge < -0.3 is 19.7 Å². The standard InChI is InChI=1S/C21H25FN2O3/c22-19-5-1-2-6-20(19)27-16-21(25)23-11-3-4-17-7-9-18(10-8-17)24-12-14-26-15-13-24/h1-2,5-10H,3-4,11-16H2,(H,23,25). The zero-order valence-electron chi connectivity index (χ0n) is 15.3. The monoisotopic (exact) mass is 372 g/mol. The van der Waals surface area contributed by atoms with Gasteiger partial charge in [0.15, 0.2) is 18.2 Å². The molecule has 5 nitrogen and oxygen atoms in total. The van der Waals surface area contributed by atoms with Crippen molar-refractivity contribution in [2.75, 3.05) is 44.4 Å². The first-order valence-electron chi connectivity index (χ1n) is 9.28. The maximum absolute atomic E-state index is 13.4. The van der Waals surface area contributed by atoms with Crippen molar-refractivity contribution >= 4 is 11.6 Å². The van der Waals surface area contributed by atoms with E-state index in [2.05, 4.69) is 34.5 Å². The molecule has 0 atom stereocenters. The summed E-state index contributed by atoms with van der Waals surface area (Å²) in [6, 6.07) is 14.6. The summed E-state index contributed by atoms with van der Waals surface area (Å²) in [6.45, 7) is 3.80. The van der Waals surface area contributed by atoms with Crippen LogP contribution in [0.25, 0.3) is 0 Å². The molecule has 1 aliphatic heterocycles. The minimum absolute atomic E-state index is 0.0907. The zero-order chi connectivity index (χ0) is 18.9. The Labute approximate surface area is 159 Å². The molecule has 0 aromatic heterocycles. The van der Waals surface area contributed by atoms with E-state index in [0.29, 0.717) is 6.54 Å². The van der Waals surface area contributed by atoms with Crippen LogP contribution < -0.4 is 15.0 Å². The molecule has 0 radical (unpaired) electrons. The molecule has 2 aromatic carbocycles. The van der Waals surface area contributed by atoms with Gasteiger partial charge in [0.1, 0.15) is 0 Å². The second kappa shape index (κ2) is 9.92. The Morgan fingerprint density at radius 2 is 1.85 bits per heavy atom. The summed E-state index contributed by atoms with van der Waals surface area (Å²) in [5.74, 6) is -0.625. The molecule has 1 heterocycles. The molecule has 1 amide bonds. The molecule has 0 aliphatic carbocycles. The number of anilines is 1. The second-order valence-corrected chi connectivity index (χ2v) is 6.44. The molecule has 0 spiro atoms. The van der Waals surface area contributed by atoms with Crippen LogP contribution in [0.5, 0.6) is 5.75 Å². The number of amides is 1. The normalized spacial score (nSPS) is 14.0. The first-order valence-corrected chi connectivity index (χ1v) is 9.28. The average molecular weight is 372 g/mol. The third kappa shape index (κ3) is 5.96. The molecule has 1 aliphatic rings. The molecule has 3 rings (SSSR count). The van der Waals surface area contributed by atoms with E-state index in [0.717, 1.165) is 39.1 Å². The second-order valence-electron chi connectivity index (χ2n) is 6.44. The molecule has 0 bridgehead atoms. The number of carbonyl (C=O) groups excluding carboxylic acids is 1. The van der Waals surface area contributed by atoms with E-state index in [1.165, 1.54) is 23.4 Å². The summed E-state index contributed by atoms with van der Waals surface area (Å²) in [7, 11) is 0. The molecule has 1 saturated heterocycles. The topological polar surface area (TPSA) is 50.8 Å². The summed E-state index contributed by atoms with van der Waals surface area (Å²) >= 11 is 0. The summed E-state index contributed by atoms with van der Waals surface area (Å²) in [5, 5.41) is 2.80. The van der Waals surface area contributed by atoms with Crippen LogP contribution in [0.15, 0.2) is 48.5 Å². The fraction of sp³-hybridized carbons (Fsp3) is 0.381. The number of halogens is 1. The fourth-order valence-corrected chi connectivity index (χ4v) is 2.97. The number of hydrogen-bond donors (Lipinski definition) is 1. The molecule has 27 heavy (non-hydrogen) atoms. The van der Waals surface area contributed by atoms with Crippen molar-refractivity contribution in [1.82, 2.24) is 5.32 Å². The van der Waals surface area contributed by atoms with E-state index < -0.39 is 5.82 Å². The van der Waals surface area contributed by atoms with Gasteiger partial charge in [-0.15, -0.1) is 0 Å². The maximum atomic E-state index is 13.4. The van der Waals surface area contributed by atoms with Crippen molar-refractivity contribution in [1.29, 1.82) is 0 Å². The van der Waals surface area contributed by atoms with Crippen molar-refractivity contribution in [2.45, 2.75) is 12.8 Å². The Morgan fingerprint density at radius 3 is 2.59 bits per heavy atom. The predicted molar refractivity (Wildman–Crippen MR) is 103 cm³/mol. The van der Waals surface area contributed by atoms with E-state index in [9.17, 15) is 9.18 Å². The SMILES string of the molecule is O=C(COc1ccccc1F)NCCCc1ccc(N2CCOCC2)cc1. The minimum atomic E-state index is -0.467. The lowest BCUT2D eigenvalue weighted by molar-refractivity contribution is -0.123. The van der Waals surface area contributed by atoms with Gasteiger partial charge in [-0.3, -0.25) is 4.79 Å². The first-order chi connectivity index (χ1) is 13.2. The summed E-state index contributed by atoms with van der Waals surface area (Å²) in [5.41, 5.74) is 2.46. The lowest BCUT2D eigenvalue weighted by Gasteiger charge is -2.28. The number of nitrogens with one attached hydrogen (secondary N) is 1. The lowest BCUT2D eigenvalue weighted by atomic mass is 10.1. The largest absolute Gasteiger partial charge is 0.481 e. The van der Waals surface area contributed by atoms with Crippen LogP contribution in [0.1, 0.15) is 12.0 Å². The number of morpholine rings is 1. The van der Waals surface area contributed by atoms with Crippen LogP contribution in [0.4, 0.5) is 10.1 Å². The number of rotatable bonds is 8. The van der Waals surface area contributed by atoms with Gasteiger partial charge in [0, 0.05) is 25.3 Å². The summed E-state index contributed by atoms with van der Waals surface area (Å²) < 4.78 is 24.0. The molecule has 6 heteroatoms. The highest BCUT2D eigenvalue weighted by atomic mass is 19.1. The third-order valence-electron chi connectivity index (χ3n) is 4.47. The Bertz CT molecular complexity index is 730. The number of nitrogens with zero attached hydrogens (tertiary/aromatic N) is 1. The van der Waals surface area contributed by atoms with Gasteiger partial charge in [0.05, 0.1) is 13.2 Å². The van der Waals surface area contributed by atoms with E-state index in [-0.39, 0.29) is 18.3 Å². The van der Waals surface area contributed by atoms with Gasteiger partial charge in [0.25, 0.3) is 5.91 Å². The number of hydrogen-bond acceptors (Lipinski definition) is 4. The molecule has 1 fully saturated rings. The van der Waals surface area contributed by atoms with Crippen LogP contribution in [-0.2, 0) is 16.0 Å². The van der Waals surface area contributed by atoms with E-state index in [1.54, 1.807) is 12.1 Å². The van der Waals surface area contributed by atoms with Crippen LogP contribution in [0.2, 0.25) is 0 Å². The van der Waals surface area contributed by atoms with Crippen LogP contribution in [-0.4, -0.2) is 45.4 Å². The molecular formula is C21H25FN2O3. The van der Waals surface area contributed by atoms with Crippen LogP contribution in [0.3, 0.4) is 0 Å². The van der Waals surface area contributed by atoms with Gasteiger partial charge >= 0.3 is 0 Å². The van der Waals surface area contributed by atoms with Gasteiger partial charge in [-0.25, -0.2) is 4.39 Å². The molecule has 144 valence electrons. The Morgan fingerprint density at radius 1 is 1.11 bits per heavy atom. The Kier molecular flexibility index (Phi) is 7.04. The number of carbonyl (C=O) groups is 1. The number of para-hydroxylation sites is 1. The maximum Gasteiger partial charge on any atom is 0.257 e. The highest BCUT2D eigenvalue weighted by Gasteiger charge is 2.10. The van der Waals surface area contributed by atoms with Crippen LogP contribution >= 0.6 is 0 Å². The van der Waals surface area contributed by atoms with E-state index >= 15 is 0 Å². The predicted octanol–water partition coefficient (Wildman–Crippen LogP) is 2.79. The fourth-order valence-electron chi connectivity index (χ4n) is 2.97. The van der Waals surface area contributed by atoms with Crippen molar-refractivity contribution in [3.8, 4) is 5.75 Å². The zero-order valence-corrected chi connectivity index (χ0v) is 15.3. The molecule has 1 N–H and O–H groups in total. The Hall–Kier alpha value is -2.60. The third-order valence-corrected chi connectivity index (χ3v) is 4.47. The van der Waals surface area contributed by atoms with E-state index in [4.69, 9.17) is 9.47 Å². The number of benzene rings is 2. The lowest BCUT2D eigenvalue weighted by Crippen LogP contribution is -2.36. The van der Waals surface area contributed by atoms with E-state index in [1.807, 2.05) is 0 Å². The minimum Gasteiger partial charge on any atom is -0.481 e. The van der Waals surface area contributed by atoms with Crippen molar-refractivity contribution in [2.24, 2.45) is 0 Å².